The number of hydrogen-bond donors (Lipinski definition) is 1. The van der Waals surface area contributed by atoms with Gasteiger partial charge in [-0.25, -0.2) is 0 Å². The number of hydrogen-bond acceptors (Lipinski definition) is 4. The van der Waals surface area contributed by atoms with Crippen LogP contribution in [0.25, 0.3) is 0 Å². The first-order valence-corrected chi connectivity index (χ1v) is 7.80. The van der Waals surface area contributed by atoms with Gasteiger partial charge in [-0.05, 0) is 52.7 Å². The second-order valence-electron chi connectivity index (χ2n) is 5.06. The van der Waals surface area contributed by atoms with Crippen molar-refractivity contribution < 1.29 is 9.53 Å². The summed E-state index contributed by atoms with van der Waals surface area (Å²) in [5.41, 5.74) is -0.448. The molecule has 0 radical (unpaired) electrons. The van der Waals surface area contributed by atoms with Crippen LogP contribution < -0.4 is 5.32 Å². The van der Waals surface area contributed by atoms with Crippen molar-refractivity contribution in [2.24, 2.45) is 0 Å². The summed E-state index contributed by atoms with van der Waals surface area (Å²) in [7, 11) is 0. The maximum atomic E-state index is 12.2. The summed E-state index contributed by atoms with van der Waals surface area (Å²) in [5, 5.41) is 4.03. The molecule has 0 aromatic rings. The predicted octanol–water partition coefficient (Wildman–Crippen LogP) is 2.59. The highest BCUT2D eigenvalue weighted by Gasteiger charge is 2.44. The molecule has 1 fully saturated rings. The number of esters is 1. The van der Waals surface area contributed by atoms with Gasteiger partial charge in [-0.2, -0.15) is 11.8 Å². The number of ether oxygens (including phenoxy) is 1. The van der Waals surface area contributed by atoms with Crippen molar-refractivity contribution in [2.75, 3.05) is 12.9 Å². The molecule has 0 aliphatic heterocycles. The van der Waals surface area contributed by atoms with Crippen LogP contribution >= 0.6 is 11.8 Å². The van der Waals surface area contributed by atoms with Crippen LogP contribution in [-0.2, 0) is 9.53 Å². The Hall–Kier alpha value is -0.220. The van der Waals surface area contributed by atoms with Crippen molar-refractivity contribution in [1.82, 2.24) is 5.32 Å². The molecule has 2 unspecified atom stereocenters. The molecule has 0 spiro atoms. The van der Waals surface area contributed by atoms with E-state index in [1.807, 2.05) is 18.7 Å². The zero-order valence-electron chi connectivity index (χ0n) is 11.4. The third-order valence-corrected chi connectivity index (χ3v) is 4.34. The lowest BCUT2D eigenvalue weighted by Crippen LogP contribution is -2.58. The van der Waals surface area contributed by atoms with Gasteiger partial charge in [-0.3, -0.25) is 10.1 Å². The van der Waals surface area contributed by atoms with Gasteiger partial charge in [0.05, 0.1) is 6.61 Å². The minimum Gasteiger partial charge on any atom is -0.465 e. The van der Waals surface area contributed by atoms with Crippen LogP contribution in [0.15, 0.2) is 0 Å². The van der Waals surface area contributed by atoms with Crippen molar-refractivity contribution in [2.45, 2.75) is 63.3 Å². The Balaban J connectivity index is 2.80. The van der Waals surface area contributed by atoms with Gasteiger partial charge in [-0.1, -0.05) is 0 Å². The van der Waals surface area contributed by atoms with E-state index in [4.69, 9.17) is 4.74 Å². The Morgan fingerprint density at radius 3 is 2.82 bits per heavy atom. The quantitative estimate of drug-likeness (QED) is 0.770. The average Bonchev–Trinajstić information content (AvgIpc) is 2.28. The van der Waals surface area contributed by atoms with E-state index in [1.165, 1.54) is 6.42 Å². The zero-order chi connectivity index (χ0) is 12.9. The summed E-state index contributed by atoms with van der Waals surface area (Å²) in [5.74, 6) is -0.0625. The van der Waals surface area contributed by atoms with Gasteiger partial charge in [0.1, 0.15) is 5.54 Å². The molecule has 0 amide bonds. The number of carbonyl (C=O) groups excluding carboxylic acids is 1. The van der Waals surface area contributed by atoms with Crippen LogP contribution in [0, 0.1) is 0 Å². The third kappa shape index (κ3) is 3.88. The average molecular weight is 259 g/mol. The van der Waals surface area contributed by atoms with E-state index in [1.54, 1.807) is 0 Å². The van der Waals surface area contributed by atoms with Gasteiger partial charge in [0.25, 0.3) is 0 Å². The minimum absolute atomic E-state index is 0.0625. The van der Waals surface area contributed by atoms with Gasteiger partial charge in [-0.15, -0.1) is 0 Å². The molecule has 0 aromatic heterocycles. The van der Waals surface area contributed by atoms with Crippen LogP contribution in [0.3, 0.4) is 0 Å². The summed E-state index contributed by atoms with van der Waals surface area (Å²) in [6, 6.07) is 0.306. The number of thioether (sulfide) groups is 1. The smallest absolute Gasteiger partial charge is 0.326 e. The molecule has 17 heavy (non-hydrogen) atoms. The normalized spacial score (nSPS) is 29.4. The van der Waals surface area contributed by atoms with Gasteiger partial charge in [0.2, 0.25) is 0 Å². The molecule has 1 N–H and O–H groups in total. The lowest BCUT2D eigenvalue weighted by molar-refractivity contribution is -0.153. The molecule has 1 aliphatic carbocycles. The van der Waals surface area contributed by atoms with Gasteiger partial charge in [0.15, 0.2) is 0 Å². The van der Waals surface area contributed by atoms with Crippen LogP contribution in [0.5, 0.6) is 0 Å². The predicted molar refractivity (Wildman–Crippen MR) is 73.4 cm³/mol. The number of rotatable bonds is 5. The van der Waals surface area contributed by atoms with Gasteiger partial charge < -0.3 is 4.74 Å². The van der Waals surface area contributed by atoms with E-state index in [-0.39, 0.29) is 5.97 Å². The first-order valence-electron chi connectivity index (χ1n) is 6.51. The first kappa shape index (κ1) is 14.8. The Morgan fingerprint density at radius 2 is 2.29 bits per heavy atom. The van der Waals surface area contributed by atoms with Crippen molar-refractivity contribution in [3.63, 3.8) is 0 Å². The number of nitrogens with one attached hydrogen (secondary N) is 1. The van der Waals surface area contributed by atoms with E-state index in [2.05, 4.69) is 25.4 Å². The van der Waals surface area contributed by atoms with Crippen molar-refractivity contribution in [3.05, 3.63) is 0 Å². The molecular formula is C13H25NO2S. The number of carbonyl (C=O) groups is 1. The monoisotopic (exact) mass is 259 g/mol. The maximum absolute atomic E-state index is 12.2. The molecule has 100 valence electrons. The summed E-state index contributed by atoms with van der Waals surface area (Å²) < 4.78 is 5.27. The molecular weight excluding hydrogens is 234 g/mol. The molecule has 0 saturated heterocycles. The van der Waals surface area contributed by atoms with Gasteiger partial charge >= 0.3 is 5.97 Å². The zero-order valence-corrected chi connectivity index (χ0v) is 12.2. The third-order valence-electron chi connectivity index (χ3n) is 3.27. The van der Waals surface area contributed by atoms with Crippen molar-refractivity contribution >= 4 is 17.7 Å². The standard InChI is InChI=1S/C13H25NO2S/c1-5-16-12(15)13(14-10(2)3)8-6-7-11(9-13)17-4/h10-11,14H,5-9H2,1-4H3. The van der Waals surface area contributed by atoms with Gasteiger partial charge in [0, 0.05) is 11.3 Å². The Kier molecular flexibility index (Phi) is 5.80. The van der Waals surface area contributed by atoms with Crippen LogP contribution in [0.2, 0.25) is 0 Å². The highest BCUT2D eigenvalue weighted by atomic mass is 32.2. The molecule has 1 aliphatic rings. The van der Waals surface area contributed by atoms with Crippen molar-refractivity contribution in [1.29, 1.82) is 0 Å². The second-order valence-corrected chi connectivity index (χ2v) is 6.19. The fourth-order valence-electron chi connectivity index (χ4n) is 2.62. The van der Waals surface area contributed by atoms with E-state index in [0.717, 1.165) is 19.3 Å². The molecule has 4 heteroatoms. The largest absolute Gasteiger partial charge is 0.465 e. The maximum Gasteiger partial charge on any atom is 0.326 e. The lowest BCUT2D eigenvalue weighted by Gasteiger charge is -2.40. The van der Waals surface area contributed by atoms with E-state index in [0.29, 0.717) is 17.9 Å². The second kappa shape index (κ2) is 6.64. The topological polar surface area (TPSA) is 38.3 Å². The molecule has 1 saturated carbocycles. The summed E-state index contributed by atoms with van der Waals surface area (Å²) >= 11 is 1.86. The highest BCUT2D eigenvalue weighted by Crippen LogP contribution is 2.35. The summed E-state index contributed by atoms with van der Waals surface area (Å²) in [4.78, 5) is 12.2. The molecule has 1 rings (SSSR count). The van der Waals surface area contributed by atoms with Crippen LogP contribution in [0.1, 0.15) is 46.5 Å². The molecule has 0 bridgehead atoms. The van der Waals surface area contributed by atoms with Crippen LogP contribution in [-0.4, -0.2) is 35.7 Å². The minimum atomic E-state index is -0.448. The molecule has 0 heterocycles. The SMILES string of the molecule is CCOC(=O)C1(NC(C)C)CCCC(SC)C1. The van der Waals surface area contributed by atoms with E-state index in [9.17, 15) is 4.79 Å². The molecule has 0 aromatic carbocycles. The van der Waals surface area contributed by atoms with Crippen molar-refractivity contribution in [3.8, 4) is 0 Å². The fraction of sp³-hybridized carbons (Fsp3) is 0.923. The Labute approximate surface area is 109 Å². The van der Waals surface area contributed by atoms with Crippen LogP contribution in [0.4, 0.5) is 0 Å². The fourth-order valence-corrected chi connectivity index (χ4v) is 3.48. The lowest BCUT2D eigenvalue weighted by atomic mass is 9.80. The van der Waals surface area contributed by atoms with E-state index >= 15 is 0 Å². The first-order chi connectivity index (χ1) is 8.04. The molecule has 2 atom stereocenters. The Bertz CT molecular complexity index is 258. The molecule has 3 nitrogen and oxygen atoms in total. The highest BCUT2D eigenvalue weighted by molar-refractivity contribution is 7.99. The summed E-state index contributed by atoms with van der Waals surface area (Å²) in [6.45, 7) is 6.51. The summed E-state index contributed by atoms with van der Waals surface area (Å²) in [6.07, 6.45) is 6.24. The Morgan fingerprint density at radius 1 is 1.59 bits per heavy atom. The van der Waals surface area contributed by atoms with E-state index < -0.39 is 5.54 Å².